The maximum Gasteiger partial charge on any atom is 0.384 e. The van der Waals surface area contributed by atoms with Crippen LogP contribution in [0, 0.1) is 17.7 Å². The molecule has 0 fully saturated rings. The smallest absolute Gasteiger partial charge is 0.384 e. The Kier molecular flexibility index (Phi) is 3.62. The highest BCUT2D eigenvalue weighted by Crippen LogP contribution is 1.96. The summed E-state index contributed by atoms with van der Waals surface area (Å²) in [4.78, 5) is 14.5. The number of halogens is 1. The van der Waals surface area contributed by atoms with Gasteiger partial charge in [-0.05, 0) is 18.9 Å². The molecular formula is C10H8FNO2. The molecule has 1 rings (SSSR count). The molecule has 0 N–H and O–H groups in total. The van der Waals surface area contributed by atoms with Crippen LogP contribution in [0.4, 0.5) is 4.39 Å². The van der Waals surface area contributed by atoms with Gasteiger partial charge in [-0.25, -0.2) is 14.2 Å². The molecule has 14 heavy (non-hydrogen) atoms. The quantitative estimate of drug-likeness (QED) is 0.496. The van der Waals surface area contributed by atoms with Gasteiger partial charge in [0.25, 0.3) is 0 Å². The molecule has 1 aromatic rings. The minimum Gasteiger partial charge on any atom is -0.456 e. The van der Waals surface area contributed by atoms with Crippen molar-refractivity contribution in [3.05, 3.63) is 29.8 Å². The molecule has 4 heteroatoms. The number of nitrogens with zero attached hydrogens (tertiary/aromatic N) is 1. The van der Waals surface area contributed by atoms with Crippen LogP contribution in [0.15, 0.2) is 18.3 Å². The maximum absolute atomic E-state index is 12.6. The molecule has 0 aliphatic rings. The lowest BCUT2D eigenvalue weighted by atomic mass is 10.3. The first-order valence-electron chi connectivity index (χ1n) is 4.02. The summed E-state index contributed by atoms with van der Waals surface area (Å²) < 4.78 is 17.2. The Hall–Kier alpha value is -1.89. The largest absolute Gasteiger partial charge is 0.456 e. The normalized spacial score (nSPS) is 8.71. The van der Waals surface area contributed by atoms with Crippen molar-refractivity contribution in [1.29, 1.82) is 0 Å². The van der Waals surface area contributed by atoms with Gasteiger partial charge in [0.05, 0.1) is 6.61 Å². The van der Waals surface area contributed by atoms with Crippen molar-refractivity contribution in [3.8, 4) is 11.8 Å². The molecule has 1 aromatic heterocycles. The second-order valence-corrected chi connectivity index (χ2v) is 2.33. The van der Waals surface area contributed by atoms with E-state index in [1.807, 2.05) is 0 Å². The van der Waals surface area contributed by atoms with Crippen molar-refractivity contribution >= 4 is 5.97 Å². The lowest BCUT2D eigenvalue weighted by Gasteiger charge is -1.91. The van der Waals surface area contributed by atoms with Crippen LogP contribution in [0.25, 0.3) is 0 Å². The van der Waals surface area contributed by atoms with E-state index in [1.165, 1.54) is 12.3 Å². The van der Waals surface area contributed by atoms with Crippen molar-refractivity contribution in [2.45, 2.75) is 6.92 Å². The summed E-state index contributed by atoms with van der Waals surface area (Å²) in [7, 11) is 0. The van der Waals surface area contributed by atoms with Crippen molar-refractivity contribution in [2.75, 3.05) is 6.61 Å². The minimum atomic E-state index is -0.640. The third-order valence-corrected chi connectivity index (χ3v) is 1.29. The average molecular weight is 193 g/mol. The highest BCUT2D eigenvalue weighted by molar-refractivity contribution is 5.88. The number of esters is 1. The number of carbonyl (C=O) groups is 1. The molecule has 0 saturated heterocycles. The van der Waals surface area contributed by atoms with E-state index in [0.29, 0.717) is 0 Å². The monoisotopic (exact) mass is 193 g/mol. The van der Waals surface area contributed by atoms with Gasteiger partial charge in [-0.2, -0.15) is 0 Å². The number of rotatable bonds is 1. The van der Waals surface area contributed by atoms with Crippen LogP contribution in [0.2, 0.25) is 0 Å². The summed E-state index contributed by atoms with van der Waals surface area (Å²) in [5.74, 6) is 3.50. The lowest BCUT2D eigenvalue weighted by molar-refractivity contribution is -0.136. The van der Waals surface area contributed by atoms with Crippen molar-refractivity contribution in [2.24, 2.45) is 0 Å². The van der Waals surface area contributed by atoms with Crippen LogP contribution in [0.3, 0.4) is 0 Å². The van der Waals surface area contributed by atoms with Gasteiger partial charge in [-0.3, -0.25) is 0 Å². The Bertz CT molecular complexity index is 393. The summed E-state index contributed by atoms with van der Waals surface area (Å²) in [6.45, 7) is 1.95. The van der Waals surface area contributed by atoms with E-state index < -0.39 is 11.8 Å². The van der Waals surface area contributed by atoms with E-state index >= 15 is 0 Å². The van der Waals surface area contributed by atoms with E-state index in [0.717, 1.165) is 6.07 Å². The molecule has 0 aliphatic carbocycles. The molecule has 72 valence electrons. The van der Waals surface area contributed by atoms with Gasteiger partial charge in [0.1, 0.15) is 11.5 Å². The van der Waals surface area contributed by atoms with E-state index in [-0.39, 0.29) is 12.3 Å². The molecule has 0 aliphatic heterocycles. The third-order valence-electron chi connectivity index (χ3n) is 1.29. The molecule has 1 heterocycles. The van der Waals surface area contributed by atoms with Gasteiger partial charge in [0.2, 0.25) is 0 Å². The van der Waals surface area contributed by atoms with Gasteiger partial charge >= 0.3 is 5.97 Å². The zero-order valence-electron chi connectivity index (χ0n) is 7.58. The molecule has 0 atom stereocenters. The van der Waals surface area contributed by atoms with E-state index in [1.54, 1.807) is 6.92 Å². The maximum atomic E-state index is 12.6. The molecule has 0 bridgehead atoms. The highest BCUT2D eigenvalue weighted by atomic mass is 19.1. The Labute approximate surface area is 80.9 Å². The van der Waals surface area contributed by atoms with E-state index in [4.69, 9.17) is 0 Å². The summed E-state index contributed by atoms with van der Waals surface area (Å²) in [6, 6.07) is 2.35. The number of ether oxygens (including phenoxy) is 1. The van der Waals surface area contributed by atoms with Crippen LogP contribution >= 0.6 is 0 Å². The fourth-order valence-electron chi connectivity index (χ4n) is 0.755. The zero-order chi connectivity index (χ0) is 10.4. The van der Waals surface area contributed by atoms with Gasteiger partial charge < -0.3 is 4.74 Å². The average Bonchev–Trinajstić information content (AvgIpc) is 2.15. The van der Waals surface area contributed by atoms with Gasteiger partial charge in [0, 0.05) is 18.2 Å². The molecule has 0 radical (unpaired) electrons. The third kappa shape index (κ3) is 3.23. The molecule has 0 spiro atoms. The summed E-state index contributed by atoms with van der Waals surface area (Å²) in [5.41, 5.74) is 0.207. The number of carbonyl (C=O) groups excluding carboxylic acids is 1. The van der Waals surface area contributed by atoms with Gasteiger partial charge in [0.15, 0.2) is 0 Å². The first-order valence-corrected chi connectivity index (χ1v) is 4.02. The first kappa shape index (κ1) is 10.2. The fourth-order valence-corrected chi connectivity index (χ4v) is 0.755. The molecule has 0 aromatic carbocycles. The number of pyridine rings is 1. The molecule has 0 saturated carbocycles. The molecule has 3 nitrogen and oxygen atoms in total. The minimum absolute atomic E-state index is 0.207. The predicted molar refractivity (Wildman–Crippen MR) is 47.7 cm³/mol. The number of hydrogen-bond acceptors (Lipinski definition) is 3. The number of hydrogen-bond donors (Lipinski definition) is 0. The van der Waals surface area contributed by atoms with E-state index in [9.17, 15) is 9.18 Å². The second-order valence-electron chi connectivity index (χ2n) is 2.33. The van der Waals surface area contributed by atoms with Gasteiger partial charge in [-0.1, -0.05) is 0 Å². The summed E-state index contributed by atoms with van der Waals surface area (Å²) in [5, 5.41) is 0. The summed E-state index contributed by atoms with van der Waals surface area (Å²) >= 11 is 0. The molecular weight excluding hydrogens is 185 g/mol. The SMILES string of the molecule is CCOC(=O)C#Cc1cc(F)ccn1. The Balaban J connectivity index is 2.72. The first-order chi connectivity index (χ1) is 6.72. The molecule has 0 amide bonds. The van der Waals surface area contributed by atoms with Crippen LogP contribution < -0.4 is 0 Å². The van der Waals surface area contributed by atoms with Crippen molar-refractivity contribution in [3.63, 3.8) is 0 Å². The fraction of sp³-hybridized carbons (Fsp3) is 0.200. The van der Waals surface area contributed by atoms with Crippen molar-refractivity contribution in [1.82, 2.24) is 4.98 Å². The topological polar surface area (TPSA) is 39.2 Å². The number of aromatic nitrogens is 1. The summed E-state index contributed by atoms with van der Waals surface area (Å²) in [6.07, 6.45) is 1.28. The predicted octanol–water partition coefficient (Wildman–Crippen LogP) is 1.14. The van der Waals surface area contributed by atoms with Crippen LogP contribution in [-0.2, 0) is 9.53 Å². The van der Waals surface area contributed by atoms with Gasteiger partial charge in [-0.15, -0.1) is 0 Å². The van der Waals surface area contributed by atoms with Crippen LogP contribution in [0.5, 0.6) is 0 Å². The van der Waals surface area contributed by atoms with Crippen molar-refractivity contribution < 1.29 is 13.9 Å². The van der Waals surface area contributed by atoms with Crippen LogP contribution in [0.1, 0.15) is 12.6 Å². The molecule has 0 unspecified atom stereocenters. The Morgan fingerprint density at radius 3 is 3.14 bits per heavy atom. The zero-order valence-corrected chi connectivity index (χ0v) is 7.58. The standard InChI is InChI=1S/C10H8FNO2/c1-2-14-10(13)4-3-9-7-8(11)5-6-12-9/h5-7H,2H2,1H3. The Morgan fingerprint density at radius 2 is 2.50 bits per heavy atom. The van der Waals surface area contributed by atoms with E-state index in [2.05, 4.69) is 21.6 Å². The lowest BCUT2D eigenvalue weighted by Crippen LogP contribution is -1.99. The Morgan fingerprint density at radius 1 is 1.71 bits per heavy atom. The highest BCUT2D eigenvalue weighted by Gasteiger charge is 1.94. The van der Waals surface area contributed by atoms with Crippen LogP contribution in [-0.4, -0.2) is 17.6 Å². The second kappa shape index (κ2) is 4.97.